The highest BCUT2D eigenvalue weighted by molar-refractivity contribution is 5.91. The van der Waals surface area contributed by atoms with Gasteiger partial charge < -0.3 is 10.4 Å². The molecule has 0 aromatic heterocycles. The van der Waals surface area contributed by atoms with Crippen molar-refractivity contribution < 1.29 is 9.90 Å². The average Bonchev–Trinajstić information content (AvgIpc) is 2.65. The Balaban J connectivity index is 2.19. The number of rotatable bonds is 3. The first-order chi connectivity index (χ1) is 13.2. The van der Waals surface area contributed by atoms with Gasteiger partial charge in [-0.2, -0.15) is 0 Å². The molecular weight excluding hydrogens is 346 g/mol. The number of carbonyl (C=O) groups is 1. The van der Waals surface area contributed by atoms with Crippen molar-refractivity contribution in [2.75, 3.05) is 0 Å². The lowest BCUT2D eigenvalue weighted by molar-refractivity contribution is -0.127. The molecule has 1 saturated carbocycles. The first-order valence-electron chi connectivity index (χ1n) is 10.1. The summed E-state index contributed by atoms with van der Waals surface area (Å²) in [4.78, 5) is 12.9. The lowest BCUT2D eigenvalue weighted by Crippen LogP contribution is -2.40. The Morgan fingerprint density at radius 2 is 1.61 bits per heavy atom. The Hall–Kier alpha value is -2.39. The third kappa shape index (κ3) is 4.36. The first kappa shape index (κ1) is 20.3. The van der Waals surface area contributed by atoms with Crippen LogP contribution < -0.4 is 5.32 Å². The van der Waals surface area contributed by atoms with Crippen LogP contribution in [-0.4, -0.2) is 16.6 Å². The van der Waals surface area contributed by atoms with Gasteiger partial charge >= 0.3 is 0 Å². The number of hydrogen-bond acceptors (Lipinski definition) is 2. The fourth-order valence-corrected chi connectivity index (χ4v) is 4.02. The maximum Gasteiger partial charge on any atom is 0.229 e. The lowest BCUT2D eigenvalue weighted by Gasteiger charge is -2.41. The zero-order valence-electron chi connectivity index (χ0n) is 17.3. The molecule has 3 heteroatoms. The van der Waals surface area contributed by atoms with E-state index < -0.39 is 11.0 Å². The first-order valence-corrected chi connectivity index (χ1v) is 10.1. The number of nitrogens with one attached hydrogen (secondary N) is 1. The van der Waals surface area contributed by atoms with Gasteiger partial charge in [0, 0.05) is 17.0 Å². The van der Waals surface area contributed by atoms with Gasteiger partial charge in [-0.25, -0.2) is 0 Å². The van der Waals surface area contributed by atoms with Crippen molar-refractivity contribution in [3.8, 4) is 0 Å². The molecule has 1 fully saturated rings. The van der Waals surface area contributed by atoms with Crippen molar-refractivity contribution in [2.45, 2.75) is 58.5 Å². The largest absolute Gasteiger partial charge is 0.389 e. The van der Waals surface area contributed by atoms with Gasteiger partial charge in [-0.15, -0.1) is 0 Å². The van der Waals surface area contributed by atoms with Crippen LogP contribution in [0.1, 0.15) is 64.0 Å². The molecule has 0 radical (unpaired) electrons. The molecule has 1 aliphatic rings. The summed E-state index contributed by atoms with van der Waals surface area (Å²) in [5.41, 5.74) is 2.65. The molecule has 1 amide bonds. The van der Waals surface area contributed by atoms with Crippen LogP contribution in [0.25, 0.3) is 5.70 Å². The monoisotopic (exact) mass is 377 g/mol. The van der Waals surface area contributed by atoms with E-state index in [1.807, 2.05) is 76.2 Å². The molecule has 3 nitrogen and oxygen atoms in total. The number of amides is 1. The van der Waals surface area contributed by atoms with Crippen LogP contribution in [0.15, 0.2) is 66.2 Å². The maximum absolute atomic E-state index is 12.9. The van der Waals surface area contributed by atoms with E-state index >= 15 is 0 Å². The normalized spacial score (nSPS) is 24.5. The number of hydrogen-bond donors (Lipinski definition) is 2. The smallest absolute Gasteiger partial charge is 0.229 e. The van der Waals surface area contributed by atoms with Crippen LogP contribution in [0.5, 0.6) is 0 Å². The van der Waals surface area contributed by atoms with E-state index in [2.05, 4.69) is 17.4 Å². The molecule has 0 saturated heterocycles. The van der Waals surface area contributed by atoms with Crippen LogP contribution in [0.3, 0.4) is 0 Å². The molecule has 0 aliphatic heterocycles. The van der Waals surface area contributed by atoms with Crippen LogP contribution >= 0.6 is 0 Å². The van der Waals surface area contributed by atoms with Crippen LogP contribution in [0.4, 0.5) is 0 Å². The van der Waals surface area contributed by atoms with Crippen molar-refractivity contribution >= 4 is 11.6 Å². The minimum atomic E-state index is -0.860. The molecule has 2 aromatic rings. The molecule has 2 N–H and O–H groups in total. The van der Waals surface area contributed by atoms with Gasteiger partial charge in [0.1, 0.15) is 0 Å². The summed E-state index contributed by atoms with van der Waals surface area (Å²) < 4.78 is 0. The number of benzene rings is 2. The maximum atomic E-state index is 12.9. The van der Waals surface area contributed by atoms with Crippen molar-refractivity contribution in [3.63, 3.8) is 0 Å². The Morgan fingerprint density at radius 3 is 2.18 bits per heavy atom. The zero-order valence-corrected chi connectivity index (χ0v) is 17.3. The topological polar surface area (TPSA) is 49.3 Å². The Labute approximate surface area is 168 Å². The highest BCUT2D eigenvalue weighted by Crippen LogP contribution is 2.46. The molecule has 0 heterocycles. The third-order valence-corrected chi connectivity index (χ3v) is 5.54. The summed E-state index contributed by atoms with van der Waals surface area (Å²) in [7, 11) is 0. The quantitative estimate of drug-likeness (QED) is 0.765. The van der Waals surface area contributed by atoms with Crippen molar-refractivity contribution in [1.29, 1.82) is 0 Å². The summed E-state index contributed by atoms with van der Waals surface area (Å²) in [5.74, 6) is -0.172. The van der Waals surface area contributed by atoms with Gasteiger partial charge in [0.25, 0.3) is 0 Å². The molecule has 2 aromatic carbocycles. The van der Waals surface area contributed by atoms with Gasteiger partial charge in [0.15, 0.2) is 0 Å². The number of carbonyl (C=O) groups excluding carboxylic acids is 1. The fraction of sp³-hybridized carbons (Fsp3) is 0.400. The third-order valence-electron chi connectivity index (χ3n) is 5.54. The van der Waals surface area contributed by atoms with Gasteiger partial charge in [-0.1, -0.05) is 81.4 Å². The van der Waals surface area contributed by atoms with Crippen LogP contribution in [0.2, 0.25) is 0 Å². The highest BCUT2D eigenvalue weighted by atomic mass is 16.3. The van der Waals surface area contributed by atoms with E-state index in [-0.39, 0.29) is 11.8 Å². The Morgan fingerprint density at radius 1 is 1.04 bits per heavy atom. The molecule has 3 rings (SSSR count). The van der Waals surface area contributed by atoms with Crippen LogP contribution in [-0.2, 0) is 4.79 Å². The molecule has 0 spiro atoms. The van der Waals surface area contributed by atoms with E-state index in [1.165, 1.54) is 0 Å². The lowest BCUT2D eigenvalue weighted by atomic mass is 9.69. The van der Waals surface area contributed by atoms with Gasteiger partial charge in [-0.05, 0) is 42.9 Å². The second kappa shape index (κ2) is 7.92. The van der Waals surface area contributed by atoms with Gasteiger partial charge in [-0.3, -0.25) is 4.79 Å². The predicted molar refractivity (Wildman–Crippen MR) is 115 cm³/mol. The molecule has 28 heavy (non-hydrogen) atoms. The Bertz CT molecular complexity index is 845. The highest BCUT2D eigenvalue weighted by Gasteiger charge is 2.40. The predicted octanol–water partition coefficient (Wildman–Crippen LogP) is 5.28. The molecule has 0 bridgehead atoms. The van der Waals surface area contributed by atoms with E-state index in [9.17, 15) is 9.90 Å². The van der Waals surface area contributed by atoms with Crippen molar-refractivity contribution in [3.05, 3.63) is 77.4 Å². The standard InChI is InChI=1S/C25H31NO2/c1-24(2,3)23(27)26-22(19-14-9-6-10-15-19)20-16-11-17-25(4,28)21(20)18-12-7-5-8-13-18/h5-10,12-15,21,28H,11,16-17H2,1-4H3,(H,26,27)/b22-20-/t21-,25+/m0/s1. The summed E-state index contributed by atoms with van der Waals surface area (Å²) >= 11 is 0. The van der Waals surface area contributed by atoms with E-state index in [0.717, 1.165) is 41.7 Å². The summed E-state index contributed by atoms with van der Waals surface area (Å²) in [5, 5.41) is 14.5. The minimum absolute atomic E-state index is 0.0177. The number of aliphatic hydroxyl groups is 1. The van der Waals surface area contributed by atoms with Gasteiger partial charge in [0.05, 0.1) is 5.60 Å². The van der Waals surface area contributed by atoms with Crippen molar-refractivity contribution in [1.82, 2.24) is 5.32 Å². The summed E-state index contributed by atoms with van der Waals surface area (Å²) in [6, 6.07) is 20.1. The van der Waals surface area contributed by atoms with Crippen LogP contribution in [0, 0.1) is 5.41 Å². The minimum Gasteiger partial charge on any atom is -0.389 e. The second-order valence-electron chi connectivity index (χ2n) is 9.02. The molecule has 0 unspecified atom stereocenters. The second-order valence-corrected chi connectivity index (χ2v) is 9.02. The van der Waals surface area contributed by atoms with Gasteiger partial charge in [0.2, 0.25) is 5.91 Å². The van der Waals surface area contributed by atoms with E-state index in [0.29, 0.717) is 0 Å². The van der Waals surface area contributed by atoms with E-state index in [1.54, 1.807) is 0 Å². The average molecular weight is 378 g/mol. The molecular formula is C25H31NO2. The SMILES string of the molecule is CC(C)(C)C(=O)N/C(=C1/CCC[C@@](C)(O)[C@H]1c1ccccc1)c1ccccc1. The van der Waals surface area contributed by atoms with E-state index in [4.69, 9.17) is 0 Å². The van der Waals surface area contributed by atoms with Crippen molar-refractivity contribution in [2.24, 2.45) is 5.41 Å². The molecule has 2 atom stereocenters. The Kier molecular flexibility index (Phi) is 5.76. The fourth-order valence-electron chi connectivity index (χ4n) is 4.02. The molecule has 1 aliphatic carbocycles. The molecule has 148 valence electrons. The zero-order chi connectivity index (χ0) is 20.4. The summed E-state index contributed by atoms with van der Waals surface area (Å²) in [6.07, 6.45) is 2.49. The summed E-state index contributed by atoms with van der Waals surface area (Å²) in [6.45, 7) is 7.67.